The number of hydrogen-bond acceptors (Lipinski definition) is 3. The number of benzene rings is 1. The number of hydrogen-bond donors (Lipinski definition) is 2. The molecule has 2 unspecified atom stereocenters. The molecule has 114 valence electrons. The normalized spacial score (nSPS) is 22.7. The van der Waals surface area contributed by atoms with Gasteiger partial charge in [0.1, 0.15) is 5.75 Å². The van der Waals surface area contributed by atoms with Crippen molar-refractivity contribution in [1.29, 1.82) is 0 Å². The molecule has 2 atom stereocenters. The molecule has 2 N–H and O–H groups in total. The highest BCUT2D eigenvalue weighted by Crippen LogP contribution is 2.20. The van der Waals surface area contributed by atoms with E-state index < -0.39 is 6.10 Å². The Morgan fingerprint density at radius 1 is 1.29 bits per heavy atom. The molecule has 1 fully saturated rings. The minimum absolute atomic E-state index is 0.119. The first-order chi connectivity index (χ1) is 10.1. The van der Waals surface area contributed by atoms with Crippen LogP contribution >= 0.6 is 0 Å². The summed E-state index contributed by atoms with van der Waals surface area (Å²) >= 11 is 0. The number of carbonyl (C=O) groups is 1. The molecule has 1 saturated carbocycles. The van der Waals surface area contributed by atoms with Gasteiger partial charge in [-0.15, -0.1) is 0 Å². The van der Waals surface area contributed by atoms with Crippen LogP contribution in [0, 0.1) is 0 Å². The molecule has 2 rings (SSSR count). The molecule has 0 saturated heterocycles. The Kier molecular flexibility index (Phi) is 5.39. The summed E-state index contributed by atoms with van der Waals surface area (Å²) in [7, 11) is 1.63. The van der Waals surface area contributed by atoms with E-state index in [1.165, 1.54) is 0 Å². The summed E-state index contributed by atoms with van der Waals surface area (Å²) < 4.78 is 5.12. The molecule has 1 aliphatic rings. The molecule has 4 nitrogen and oxygen atoms in total. The maximum Gasteiger partial charge on any atom is 0.244 e. The largest absolute Gasteiger partial charge is 0.497 e. The van der Waals surface area contributed by atoms with Crippen molar-refractivity contribution in [3.63, 3.8) is 0 Å². The molecule has 1 aromatic carbocycles. The van der Waals surface area contributed by atoms with Crippen molar-refractivity contribution in [3.8, 4) is 5.75 Å². The molecular formula is C17H23NO3. The van der Waals surface area contributed by atoms with Gasteiger partial charge in [0.25, 0.3) is 0 Å². The van der Waals surface area contributed by atoms with Gasteiger partial charge in [-0.05, 0) is 43.0 Å². The molecular weight excluding hydrogens is 266 g/mol. The van der Waals surface area contributed by atoms with Gasteiger partial charge in [0.05, 0.1) is 19.3 Å². The lowest BCUT2D eigenvalue weighted by molar-refractivity contribution is -0.118. The van der Waals surface area contributed by atoms with Crippen molar-refractivity contribution in [2.45, 2.75) is 44.8 Å². The second-order valence-electron chi connectivity index (χ2n) is 5.52. The maximum atomic E-state index is 12.0. The number of allylic oxidation sites excluding steroid dienone is 1. The van der Waals surface area contributed by atoms with Crippen molar-refractivity contribution in [3.05, 3.63) is 35.9 Å². The number of aliphatic hydroxyl groups is 1. The van der Waals surface area contributed by atoms with Gasteiger partial charge in [0.2, 0.25) is 5.91 Å². The molecule has 1 aromatic rings. The van der Waals surface area contributed by atoms with Gasteiger partial charge < -0.3 is 15.2 Å². The number of aliphatic hydroxyl groups excluding tert-OH is 1. The first-order valence-corrected chi connectivity index (χ1v) is 7.41. The van der Waals surface area contributed by atoms with Crippen LogP contribution in [0.2, 0.25) is 0 Å². The van der Waals surface area contributed by atoms with Crippen LogP contribution in [0.15, 0.2) is 30.3 Å². The molecule has 4 heteroatoms. The minimum atomic E-state index is -0.419. The summed E-state index contributed by atoms with van der Waals surface area (Å²) in [6.45, 7) is 1.90. The fourth-order valence-electron chi connectivity index (χ4n) is 2.64. The fraction of sp³-hybridized carbons (Fsp3) is 0.471. The van der Waals surface area contributed by atoms with E-state index in [2.05, 4.69) is 5.32 Å². The lowest BCUT2D eigenvalue weighted by Crippen LogP contribution is -2.44. The molecule has 21 heavy (non-hydrogen) atoms. The number of rotatable bonds is 4. The van der Waals surface area contributed by atoms with Crippen LogP contribution in [-0.2, 0) is 4.79 Å². The number of amides is 1. The number of carbonyl (C=O) groups excluding carboxylic acids is 1. The van der Waals surface area contributed by atoms with Crippen molar-refractivity contribution >= 4 is 11.5 Å². The van der Waals surface area contributed by atoms with Crippen molar-refractivity contribution in [2.75, 3.05) is 7.11 Å². The quantitative estimate of drug-likeness (QED) is 0.837. The Morgan fingerprint density at radius 3 is 2.57 bits per heavy atom. The summed E-state index contributed by atoms with van der Waals surface area (Å²) in [6.07, 6.45) is 4.88. The number of nitrogens with one attached hydrogen (secondary N) is 1. The predicted molar refractivity (Wildman–Crippen MR) is 83.1 cm³/mol. The zero-order chi connectivity index (χ0) is 15.2. The second-order valence-corrected chi connectivity index (χ2v) is 5.52. The van der Waals surface area contributed by atoms with Gasteiger partial charge >= 0.3 is 0 Å². The smallest absolute Gasteiger partial charge is 0.244 e. The summed E-state index contributed by atoms with van der Waals surface area (Å²) in [5.41, 5.74) is 1.87. The monoisotopic (exact) mass is 289 g/mol. The van der Waals surface area contributed by atoms with Crippen LogP contribution in [-0.4, -0.2) is 30.3 Å². The van der Waals surface area contributed by atoms with Crippen LogP contribution in [0.3, 0.4) is 0 Å². The van der Waals surface area contributed by atoms with E-state index in [0.717, 1.165) is 42.6 Å². The molecule has 0 heterocycles. The van der Waals surface area contributed by atoms with Crippen LogP contribution in [0.4, 0.5) is 0 Å². The second kappa shape index (κ2) is 7.27. The van der Waals surface area contributed by atoms with E-state index in [9.17, 15) is 9.90 Å². The third kappa shape index (κ3) is 4.33. The lowest BCUT2D eigenvalue weighted by atomic mass is 9.92. The standard InChI is InChI=1S/C17H23NO3/c1-12(13-7-9-14(21-2)10-8-13)11-17(20)18-15-5-3-4-6-16(15)19/h7-11,15-16,19H,3-6H2,1-2H3,(H,18,20)/b12-11+. The van der Waals surface area contributed by atoms with E-state index in [1.807, 2.05) is 31.2 Å². The Morgan fingerprint density at radius 2 is 1.95 bits per heavy atom. The SMILES string of the molecule is COc1ccc(/C(C)=C/C(=O)NC2CCCCC2O)cc1. The highest BCUT2D eigenvalue weighted by molar-refractivity contribution is 5.95. The summed E-state index contributed by atoms with van der Waals surface area (Å²) in [6, 6.07) is 7.47. The van der Waals surface area contributed by atoms with Gasteiger partial charge in [-0.3, -0.25) is 4.79 Å². The topological polar surface area (TPSA) is 58.6 Å². The van der Waals surface area contributed by atoms with E-state index in [1.54, 1.807) is 13.2 Å². The fourth-order valence-corrected chi connectivity index (χ4v) is 2.64. The van der Waals surface area contributed by atoms with Crippen LogP contribution in [0.5, 0.6) is 5.75 Å². The molecule has 0 aliphatic heterocycles. The van der Waals surface area contributed by atoms with Crippen molar-refractivity contribution < 1.29 is 14.6 Å². The minimum Gasteiger partial charge on any atom is -0.497 e. The van der Waals surface area contributed by atoms with Gasteiger partial charge in [0.15, 0.2) is 0 Å². The lowest BCUT2D eigenvalue weighted by Gasteiger charge is -2.27. The molecule has 0 bridgehead atoms. The Balaban J connectivity index is 1.98. The van der Waals surface area contributed by atoms with Crippen LogP contribution < -0.4 is 10.1 Å². The average Bonchev–Trinajstić information content (AvgIpc) is 2.49. The van der Waals surface area contributed by atoms with E-state index in [4.69, 9.17) is 4.74 Å². The number of ether oxygens (including phenoxy) is 1. The van der Waals surface area contributed by atoms with Gasteiger partial charge in [-0.1, -0.05) is 25.0 Å². The first kappa shape index (κ1) is 15.6. The van der Waals surface area contributed by atoms with Gasteiger partial charge in [-0.2, -0.15) is 0 Å². The van der Waals surface area contributed by atoms with Crippen LogP contribution in [0.25, 0.3) is 5.57 Å². The average molecular weight is 289 g/mol. The molecule has 0 spiro atoms. The molecule has 1 amide bonds. The van der Waals surface area contributed by atoms with Crippen molar-refractivity contribution in [2.24, 2.45) is 0 Å². The molecule has 0 aromatic heterocycles. The van der Waals surface area contributed by atoms with Gasteiger partial charge in [-0.25, -0.2) is 0 Å². The highest BCUT2D eigenvalue weighted by Gasteiger charge is 2.23. The third-order valence-electron chi connectivity index (χ3n) is 3.95. The summed E-state index contributed by atoms with van der Waals surface area (Å²) in [5, 5.41) is 12.8. The Bertz CT molecular complexity index is 507. The third-order valence-corrected chi connectivity index (χ3v) is 3.95. The van der Waals surface area contributed by atoms with Crippen molar-refractivity contribution in [1.82, 2.24) is 5.32 Å². The zero-order valence-corrected chi connectivity index (χ0v) is 12.6. The predicted octanol–water partition coefficient (Wildman–Crippen LogP) is 2.52. The Labute approximate surface area is 125 Å². The maximum absolute atomic E-state index is 12.0. The highest BCUT2D eigenvalue weighted by atomic mass is 16.5. The van der Waals surface area contributed by atoms with Gasteiger partial charge in [0, 0.05) is 6.08 Å². The van der Waals surface area contributed by atoms with E-state index in [0.29, 0.717) is 0 Å². The zero-order valence-electron chi connectivity index (χ0n) is 12.6. The van der Waals surface area contributed by atoms with E-state index in [-0.39, 0.29) is 11.9 Å². The molecule has 0 radical (unpaired) electrons. The summed E-state index contributed by atoms with van der Waals surface area (Å²) in [4.78, 5) is 12.0. The van der Waals surface area contributed by atoms with Crippen LogP contribution in [0.1, 0.15) is 38.2 Å². The summed E-state index contributed by atoms with van der Waals surface area (Å²) in [5.74, 6) is 0.649. The van der Waals surface area contributed by atoms with E-state index >= 15 is 0 Å². The first-order valence-electron chi connectivity index (χ1n) is 7.41. The molecule has 1 aliphatic carbocycles. The Hall–Kier alpha value is -1.81. The number of methoxy groups -OCH3 is 1.